The molecule has 0 saturated heterocycles. The molecule has 1 heterocycles. The first-order valence-electron chi connectivity index (χ1n) is 10.2. The smallest absolute Gasteiger partial charge is 0.262 e. The molecule has 0 spiro atoms. The maximum atomic E-state index is 13.5. The van der Waals surface area contributed by atoms with Crippen molar-refractivity contribution < 1.29 is 22.6 Å². The molecule has 0 aliphatic rings. The molecule has 0 aliphatic carbocycles. The van der Waals surface area contributed by atoms with Gasteiger partial charge >= 0.3 is 0 Å². The summed E-state index contributed by atoms with van der Waals surface area (Å²) in [6.07, 6.45) is 1.57. The first-order chi connectivity index (χ1) is 15.3. The van der Waals surface area contributed by atoms with E-state index in [0.717, 1.165) is 11.1 Å². The van der Waals surface area contributed by atoms with Crippen LogP contribution in [0.25, 0.3) is 0 Å². The molecule has 172 valence electrons. The van der Waals surface area contributed by atoms with Gasteiger partial charge in [0, 0.05) is 26.4 Å². The summed E-state index contributed by atoms with van der Waals surface area (Å²) < 4.78 is 45.7. The molecule has 0 N–H and O–H groups in total. The topological polar surface area (TPSA) is 82.9 Å². The first-order valence-corrected chi connectivity index (χ1v) is 11.6. The highest BCUT2D eigenvalue weighted by Crippen LogP contribution is 2.22. The number of hydrogen-bond acceptors (Lipinski definition) is 6. The Labute approximate surface area is 189 Å². The van der Waals surface area contributed by atoms with Crippen LogP contribution in [0.3, 0.4) is 0 Å². The van der Waals surface area contributed by atoms with Crippen LogP contribution in [0.4, 0.5) is 0 Å². The molecule has 3 aromatic rings. The van der Waals surface area contributed by atoms with Gasteiger partial charge in [0.25, 0.3) is 10.0 Å². The standard InChI is InChI=1S/C23H29N3O5S/c1-18(29-2)15-25-14-13-23(24-25)32(27,28)26(16-19-5-9-21(30-3)10-6-19)17-20-7-11-22(31-4)12-8-20/h5-14,18H,15-17H2,1-4H3/t18-/m0/s1. The number of methoxy groups -OCH3 is 3. The zero-order valence-electron chi connectivity index (χ0n) is 18.8. The Kier molecular flexibility index (Phi) is 7.89. The highest BCUT2D eigenvalue weighted by molar-refractivity contribution is 7.89. The predicted molar refractivity (Wildman–Crippen MR) is 121 cm³/mol. The van der Waals surface area contributed by atoms with Crippen LogP contribution in [-0.4, -0.2) is 49.9 Å². The lowest BCUT2D eigenvalue weighted by Gasteiger charge is -2.22. The van der Waals surface area contributed by atoms with E-state index in [2.05, 4.69) is 5.10 Å². The number of aromatic nitrogens is 2. The van der Waals surface area contributed by atoms with Crippen molar-refractivity contribution in [1.29, 1.82) is 0 Å². The highest BCUT2D eigenvalue weighted by Gasteiger charge is 2.27. The van der Waals surface area contributed by atoms with Gasteiger partial charge in [0.1, 0.15) is 11.5 Å². The molecule has 0 unspecified atom stereocenters. The van der Waals surface area contributed by atoms with Crippen LogP contribution in [-0.2, 0) is 34.4 Å². The van der Waals surface area contributed by atoms with Gasteiger partial charge in [-0.15, -0.1) is 0 Å². The van der Waals surface area contributed by atoms with E-state index in [4.69, 9.17) is 14.2 Å². The van der Waals surface area contributed by atoms with E-state index in [9.17, 15) is 8.42 Å². The van der Waals surface area contributed by atoms with E-state index in [1.54, 1.807) is 32.2 Å². The number of rotatable bonds is 11. The van der Waals surface area contributed by atoms with Crippen molar-refractivity contribution in [1.82, 2.24) is 14.1 Å². The fraction of sp³-hybridized carbons (Fsp3) is 0.348. The maximum absolute atomic E-state index is 13.5. The Balaban J connectivity index is 1.90. The van der Waals surface area contributed by atoms with Crippen LogP contribution in [0.2, 0.25) is 0 Å². The average Bonchev–Trinajstić information content (AvgIpc) is 3.28. The minimum absolute atomic E-state index is 0.00262. The van der Waals surface area contributed by atoms with E-state index in [1.807, 2.05) is 55.5 Å². The van der Waals surface area contributed by atoms with E-state index < -0.39 is 10.0 Å². The monoisotopic (exact) mass is 459 g/mol. The summed E-state index contributed by atoms with van der Waals surface area (Å²) >= 11 is 0. The van der Waals surface area contributed by atoms with Crippen LogP contribution >= 0.6 is 0 Å². The Morgan fingerprint density at radius 2 is 1.38 bits per heavy atom. The third-order valence-corrected chi connectivity index (χ3v) is 6.79. The average molecular weight is 460 g/mol. The van der Waals surface area contributed by atoms with E-state index in [0.29, 0.717) is 18.0 Å². The van der Waals surface area contributed by atoms with Gasteiger partial charge in [-0.3, -0.25) is 4.68 Å². The van der Waals surface area contributed by atoms with E-state index in [-0.39, 0.29) is 24.2 Å². The summed E-state index contributed by atoms with van der Waals surface area (Å²) in [4.78, 5) is 0. The quantitative estimate of drug-likeness (QED) is 0.437. The molecule has 0 saturated carbocycles. The summed E-state index contributed by atoms with van der Waals surface area (Å²) in [6.45, 7) is 2.75. The summed E-state index contributed by atoms with van der Waals surface area (Å²) in [7, 11) is 0.943. The molecular formula is C23H29N3O5S. The van der Waals surface area contributed by atoms with Crippen molar-refractivity contribution in [2.45, 2.75) is 37.7 Å². The Morgan fingerprint density at radius 1 is 0.875 bits per heavy atom. The summed E-state index contributed by atoms with van der Waals surface area (Å²) in [5.41, 5.74) is 1.69. The largest absolute Gasteiger partial charge is 0.497 e. The Hall–Kier alpha value is -2.88. The molecule has 0 aliphatic heterocycles. The van der Waals surface area contributed by atoms with Crippen LogP contribution in [0, 0.1) is 0 Å². The third-order valence-electron chi connectivity index (χ3n) is 5.10. The number of hydrogen-bond donors (Lipinski definition) is 0. The number of sulfonamides is 1. The van der Waals surface area contributed by atoms with Crippen molar-refractivity contribution in [3.05, 3.63) is 71.9 Å². The lowest BCUT2D eigenvalue weighted by atomic mass is 10.2. The highest BCUT2D eigenvalue weighted by atomic mass is 32.2. The molecule has 0 bridgehead atoms. The molecule has 0 fully saturated rings. The molecular weight excluding hydrogens is 430 g/mol. The van der Waals surface area contributed by atoms with Gasteiger partial charge in [-0.1, -0.05) is 24.3 Å². The molecule has 2 aromatic carbocycles. The second-order valence-corrected chi connectivity index (χ2v) is 9.28. The summed E-state index contributed by atoms with van der Waals surface area (Å²) in [5, 5.41) is 4.30. The van der Waals surface area contributed by atoms with Gasteiger partial charge in [0.05, 0.1) is 26.9 Å². The van der Waals surface area contributed by atoms with Crippen LogP contribution in [0.15, 0.2) is 65.8 Å². The lowest BCUT2D eigenvalue weighted by Crippen LogP contribution is -2.31. The van der Waals surface area contributed by atoms with Crippen LogP contribution in [0.1, 0.15) is 18.1 Å². The van der Waals surface area contributed by atoms with Crippen molar-refractivity contribution >= 4 is 10.0 Å². The minimum Gasteiger partial charge on any atom is -0.497 e. The van der Waals surface area contributed by atoms with Gasteiger partial charge in [-0.25, -0.2) is 8.42 Å². The fourth-order valence-electron chi connectivity index (χ4n) is 3.15. The molecule has 8 nitrogen and oxygen atoms in total. The number of ether oxygens (including phenoxy) is 3. The van der Waals surface area contributed by atoms with Crippen molar-refractivity contribution in [3.63, 3.8) is 0 Å². The molecule has 0 radical (unpaired) electrons. The molecule has 32 heavy (non-hydrogen) atoms. The Bertz CT molecular complexity index is 1050. The summed E-state index contributed by atoms with van der Waals surface area (Å²) in [6, 6.07) is 16.2. The zero-order valence-corrected chi connectivity index (χ0v) is 19.6. The van der Waals surface area contributed by atoms with E-state index >= 15 is 0 Å². The van der Waals surface area contributed by atoms with Crippen molar-refractivity contribution in [3.8, 4) is 11.5 Å². The van der Waals surface area contributed by atoms with Gasteiger partial charge in [-0.05, 0) is 48.4 Å². The van der Waals surface area contributed by atoms with Crippen molar-refractivity contribution in [2.24, 2.45) is 0 Å². The maximum Gasteiger partial charge on any atom is 0.262 e. The second-order valence-electron chi connectivity index (χ2n) is 7.39. The number of nitrogens with zero attached hydrogens (tertiary/aromatic N) is 3. The third kappa shape index (κ3) is 5.87. The Morgan fingerprint density at radius 3 is 1.81 bits per heavy atom. The molecule has 1 atom stereocenters. The zero-order chi connectivity index (χ0) is 23.1. The SMILES string of the molecule is COc1ccc(CN(Cc2ccc(OC)cc2)S(=O)(=O)c2ccn(C[C@H](C)OC)n2)cc1. The lowest BCUT2D eigenvalue weighted by molar-refractivity contribution is 0.0994. The molecule has 9 heteroatoms. The van der Waals surface area contributed by atoms with Gasteiger partial charge in [0.2, 0.25) is 0 Å². The van der Waals surface area contributed by atoms with Gasteiger partial charge in [0.15, 0.2) is 5.03 Å². The number of benzene rings is 2. The van der Waals surface area contributed by atoms with Gasteiger partial charge < -0.3 is 14.2 Å². The first kappa shape index (κ1) is 23.8. The summed E-state index contributed by atoms with van der Waals surface area (Å²) in [5.74, 6) is 1.42. The molecule has 1 aromatic heterocycles. The van der Waals surface area contributed by atoms with Gasteiger partial charge in [-0.2, -0.15) is 9.40 Å². The van der Waals surface area contributed by atoms with Crippen LogP contribution < -0.4 is 9.47 Å². The van der Waals surface area contributed by atoms with Crippen LogP contribution in [0.5, 0.6) is 11.5 Å². The normalized spacial score (nSPS) is 12.7. The fourth-order valence-corrected chi connectivity index (χ4v) is 4.49. The van der Waals surface area contributed by atoms with Crippen molar-refractivity contribution in [2.75, 3.05) is 21.3 Å². The second kappa shape index (κ2) is 10.6. The molecule has 3 rings (SSSR count). The van der Waals surface area contributed by atoms with E-state index in [1.165, 1.54) is 10.4 Å². The minimum atomic E-state index is -3.85. The predicted octanol–water partition coefficient (Wildman–Crippen LogP) is 3.33. The molecule has 0 amide bonds.